The number of ketones is 1. The first-order chi connectivity index (χ1) is 15.9. The fourth-order valence-corrected chi connectivity index (χ4v) is 4.56. The topological polar surface area (TPSA) is 171 Å². The Labute approximate surface area is 185 Å². The molecule has 2 aliphatic heterocycles. The number of imidazole rings is 2. The van der Waals surface area contributed by atoms with Crippen molar-refractivity contribution >= 4 is 33.6 Å². The van der Waals surface area contributed by atoms with E-state index in [4.69, 9.17) is 10.9 Å². The second-order valence-electron chi connectivity index (χ2n) is 8.13. The summed E-state index contributed by atoms with van der Waals surface area (Å²) in [7, 11) is 0. The van der Waals surface area contributed by atoms with Crippen LogP contribution in [-0.2, 0) is 13.1 Å². The molecule has 0 saturated carbocycles. The summed E-state index contributed by atoms with van der Waals surface area (Å²) < 4.78 is 3.15. The van der Waals surface area contributed by atoms with Crippen LogP contribution in [0.15, 0.2) is 51.1 Å². The first kappa shape index (κ1) is 20.9. The van der Waals surface area contributed by atoms with E-state index >= 15 is 0 Å². The number of hydrogen-bond acceptors (Lipinski definition) is 7. The number of hydrogen-bond donors (Lipinski definition) is 5. The maximum atomic E-state index is 12.0. The van der Waals surface area contributed by atoms with Crippen molar-refractivity contribution in [3.05, 3.63) is 68.5 Å². The van der Waals surface area contributed by atoms with Crippen molar-refractivity contribution in [1.82, 2.24) is 19.1 Å². The zero-order valence-corrected chi connectivity index (χ0v) is 17.5. The summed E-state index contributed by atoms with van der Waals surface area (Å²) in [4.78, 5) is 40.9. The molecular weight excluding hydrogens is 428 g/mol. The lowest BCUT2D eigenvalue weighted by Gasteiger charge is -2.15. The number of Topliss-reactive ketones (excluding diaryl/α,β-unsaturated/α-hetero) is 1. The third-order valence-electron chi connectivity index (χ3n) is 6.23. The van der Waals surface area contributed by atoms with Crippen LogP contribution >= 0.6 is 0 Å². The number of oxime groups is 1. The molecule has 4 aromatic rings. The Balaban J connectivity index is 0.000000139. The average Bonchev–Trinajstić information content (AvgIpc) is 3.21. The van der Waals surface area contributed by atoms with Gasteiger partial charge in [0.25, 0.3) is 0 Å². The number of carbonyl (C=O) groups is 1. The first-order valence-corrected chi connectivity index (χ1v) is 10.5. The second-order valence-corrected chi connectivity index (χ2v) is 8.13. The summed E-state index contributed by atoms with van der Waals surface area (Å²) in [6, 6.07) is 10.2. The van der Waals surface area contributed by atoms with E-state index in [2.05, 4.69) is 15.1 Å². The zero-order chi connectivity index (χ0) is 23.3. The van der Waals surface area contributed by atoms with E-state index in [-0.39, 0.29) is 35.3 Å². The first-order valence-electron chi connectivity index (χ1n) is 10.5. The molecule has 0 bridgehead atoms. The number of benzene rings is 2. The van der Waals surface area contributed by atoms with Gasteiger partial charge in [-0.1, -0.05) is 23.4 Å². The predicted molar refractivity (Wildman–Crippen MR) is 121 cm³/mol. The maximum Gasteiger partial charge on any atom is 0.326 e. The number of para-hydroxylation sites is 2. The van der Waals surface area contributed by atoms with Gasteiger partial charge in [0, 0.05) is 36.7 Å². The van der Waals surface area contributed by atoms with Crippen molar-refractivity contribution in [2.75, 3.05) is 0 Å². The molecule has 33 heavy (non-hydrogen) atoms. The van der Waals surface area contributed by atoms with Gasteiger partial charge in [-0.15, -0.1) is 0 Å². The number of aromatic amines is 2. The van der Waals surface area contributed by atoms with Crippen molar-refractivity contribution in [2.45, 2.75) is 38.1 Å². The minimum atomic E-state index is -0.701. The summed E-state index contributed by atoms with van der Waals surface area (Å²) in [6.07, 6.45) is 0.146. The highest BCUT2D eigenvalue weighted by Crippen LogP contribution is 2.28. The molecule has 0 radical (unpaired) electrons. The Morgan fingerprint density at radius 3 is 2.27 bits per heavy atom. The lowest BCUT2D eigenvalue weighted by atomic mass is 10.0. The normalized spacial score (nSPS) is 21.0. The minimum Gasteiger partial charge on any atom is -0.411 e. The molecule has 2 unspecified atom stereocenters. The van der Waals surface area contributed by atoms with Gasteiger partial charge in [0.1, 0.15) is 5.71 Å². The number of nitrogens with zero attached hydrogens (tertiary/aromatic N) is 3. The second kappa shape index (κ2) is 7.87. The molecule has 2 aromatic heterocycles. The van der Waals surface area contributed by atoms with Crippen LogP contribution in [0.2, 0.25) is 0 Å². The number of carbonyl (C=O) groups excluding carboxylic acids is 1. The molecule has 6 rings (SSSR count). The molecule has 11 heteroatoms. The quantitative estimate of drug-likeness (QED) is 0.196. The fourth-order valence-electron chi connectivity index (χ4n) is 4.56. The highest BCUT2D eigenvalue weighted by Gasteiger charge is 2.26. The molecule has 2 aliphatic rings. The smallest absolute Gasteiger partial charge is 0.326 e. The SMILES string of the molecule is NC1CCn2c(=O)[nH]c3cccc(c32)C1O.O=C1/C(=N/O)CCn2c(=O)[nH]c3cccc1c32. The van der Waals surface area contributed by atoms with E-state index < -0.39 is 6.10 Å². The van der Waals surface area contributed by atoms with Gasteiger partial charge in [0.05, 0.1) is 28.2 Å². The molecule has 170 valence electrons. The molecule has 4 heterocycles. The Morgan fingerprint density at radius 1 is 0.939 bits per heavy atom. The predicted octanol–water partition coefficient (Wildman–Crippen LogP) is 0.840. The number of rotatable bonds is 0. The molecule has 2 atom stereocenters. The highest BCUT2D eigenvalue weighted by molar-refractivity contribution is 6.47. The zero-order valence-electron chi connectivity index (χ0n) is 17.5. The molecule has 2 aromatic carbocycles. The molecule has 11 nitrogen and oxygen atoms in total. The van der Waals surface area contributed by atoms with Crippen LogP contribution in [0.25, 0.3) is 22.1 Å². The van der Waals surface area contributed by atoms with Crippen molar-refractivity contribution < 1.29 is 15.1 Å². The third-order valence-corrected chi connectivity index (χ3v) is 6.23. The van der Waals surface area contributed by atoms with Crippen LogP contribution < -0.4 is 17.1 Å². The van der Waals surface area contributed by atoms with Crippen molar-refractivity contribution in [1.29, 1.82) is 0 Å². The number of aliphatic hydroxyl groups is 1. The molecule has 0 amide bonds. The van der Waals surface area contributed by atoms with Gasteiger partial charge >= 0.3 is 11.4 Å². The highest BCUT2D eigenvalue weighted by atomic mass is 16.4. The number of H-pyrrole nitrogens is 2. The fraction of sp³-hybridized carbons (Fsp3) is 0.273. The summed E-state index contributed by atoms with van der Waals surface area (Å²) in [5.41, 5.74) is 9.45. The van der Waals surface area contributed by atoms with E-state index in [1.807, 2.05) is 18.2 Å². The van der Waals surface area contributed by atoms with Crippen LogP contribution in [0.5, 0.6) is 0 Å². The Kier molecular flexibility index (Phi) is 4.99. The van der Waals surface area contributed by atoms with Crippen molar-refractivity contribution in [3.8, 4) is 0 Å². The van der Waals surface area contributed by atoms with E-state index in [1.54, 1.807) is 22.8 Å². The minimum absolute atomic E-state index is 0.0839. The maximum absolute atomic E-state index is 12.0. The summed E-state index contributed by atoms with van der Waals surface area (Å²) in [6.45, 7) is 0.884. The Hall–Kier alpha value is -3.96. The largest absolute Gasteiger partial charge is 0.411 e. The van der Waals surface area contributed by atoms with Crippen LogP contribution in [-0.4, -0.2) is 47.0 Å². The number of aryl methyl sites for hydroxylation is 2. The third kappa shape index (κ3) is 3.29. The van der Waals surface area contributed by atoms with E-state index in [0.717, 1.165) is 16.6 Å². The van der Waals surface area contributed by atoms with Gasteiger partial charge in [-0.3, -0.25) is 13.9 Å². The summed E-state index contributed by atoms with van der Waals surface area (Å²) in [5, 5.41) is 21.9. The van der Waals surface area contributed by atoms with Crippen LogP contribution in [0.4, 0.5) is 0 Å². The van der Waals surface area contributed by atoms with Crippen LogP contribution in [0.1, 0.15) is 34.9 Å². The van der Waals surface area contributed by atoms with E-state index in [9.17, 15) is 19.5 Å². The molecule has 0 aliphatic carbocycles. The lowest BCUT2D eigenvalue weighted by Crippen LogP contribution is -2.28. The average molecular weight is 450 g/mol. The van der Waals surface area contributed by atoms with Gasteiger partial charge in [-0.2, -0.15) is 0 Å². The number of aromatic nitrogens is 4. The van der Waals surface area contributed by atoms with E-state index in [1.165, 1.54) is 4.57 Å². The number of nitrogens with one attached hydrogen (secondary N) is 2. The molecule has 0 saturated heterocycles. The standard InChI is InChI=1S/C11H9N3O3.C11H13N3O2/c15-10-6-2-1-3-7-9(6)14(11(16)12-7)5-4-8(10)13-17;12-7-4-5-14-9-6(10(7)15)2-1-3-8(9)13-11(14)16/h1-3,17H,4-5H2,(H,12,16);1-3,7,10,15H,4-5,12H2,(H,13,16)/b13-8+;. The van der Waals surface area contributed by atoms with Crippen LogP contribution in [0.3, 0.4) is 0 Å². The molecular formula is C22H22N6O5. The molecule has 6 N–H and O–H groups in total. The van der Waals surface area contributed by atoms with Gasteiger partial charge in [0.2, 0.25) is 5.78 Å². The van der Waals surface area contributed by atoms with Gasteiger partial charge < -0.3 is 26.0 Å². The van der Waals surface area contributed by atoms with Gasteiger partial charge in [-0.25, -0.2) is 9.59 Å². The molecule has 0 spiro atoms. The van der Waals surface area contributed by atoms with Crippen LogP contribution in [0, 0.1) is 0 Å². The lowest BCUT2D eigenvalue weighted by molar-refractivity contribution is 0.106. The Morgan fingerprint density at radius 2 is 1.58 bits per heavy atom. The number of aliphatic hydroxyl groups excluding tert-OH is 1. The Bertz CT molecular complexity index is 1540. The van der Waals surface area contributed by atoms with Crippen molar-refractivity contribution in [3.63, 3.8) is 0 Å². The van der Waals surface area contributed by atoms with Gasteiger partial charge in [-0.05, 0) is 24.6 Å². The summed E-state index contributed by atoms with van der Waals surface area (Å²) >= 11 is 0. The van der Waals surface area contributed by atoms with Gasteiger partial charge in [0.15, 0.2) is 0 Å². The molecule has 0 fully saturated rings. The number of nitrogens with two attached hydrogens (primary N) is 1. The van der Waals surface area contributed by atoms with Crippen molar-refractivity contribution in [2.24, 2.45) is 10.9 Å². The van der Waals surface area contributed by atoms with E-state index in [0.29, 0.717) is 36.1 Å². The monoisotopic (exact) mass is 450 g/mol. The summed E-state index contributed by atoms with van der Waals surface area (Å²) in [5.74, 6) is -0.330.